The molecule has 0 aliphatic rings. The van der Waals surface area contributed by atoms with Crippen LogP contribution in [0.1, 0.15) is 51.2 Å². The number of hydrogen-bond donors (Lipinski definition) is 0. The van der Waals surface area contributed by atoms with Crippen molar-refractivity contribution in [2.75, 3.05) is 14.1 Å². The van der Waals surface area contributed by atoms with Crippen molar-refractivity contribution in [3.05, 3.63) is 71.8 Å². The van der Waals surface area contributed by atoms with Crippen LogP contribution < -0.4 is 0 Å². The average Bonchev–Trinajstić information content (AvgIpc) is 2.67. The fraction of sp³-hybridized carbons (Fsp3) is 0.458. The third-order valence-electron chi connectivity index (χ3n) is 5.61. The van der Waals surface area contributed by atoms with Crippen LogP contribution in [0.3, 0.4) is 0 Å². The van der Waals surface area contributed by atoms with E-state index < -0.39 is 5.41 Å². The van der Waals surface area contributed by atoms with E-state index in [1.54, 1.807) is 0 Å². The van der Waals surface area contributed by atoms with Crippen LogP contribution in [0.5, 0.6) is 0 Å². The summed E-state index contributed by atoms with van der Waals surface area (Å²) in [4.78, 5) is 16.1. The fourth-order valence-electron chi connectivity index (χ4n) is 3.84. The van der Waals surface area contributed by atoms with E-state index in [2.05, 4.69) is 64.0 Å². The van der Waals surface area contributed by atoms with Gasteiger partial charge in [0.1, 0.15) is 0 Å². The molecule has 0 heterocycles. The summed E-state index contributed by atoms with van der Waals surface area (Å²) in [6.45, 7) is 6.45. The number of nitrogens with zero attached hydrogens (tertiary/aromatic N) is 1. The first-order valence-electron chi connectivity index (χ1n) is 9.75. The summed E-state index contributed by atoms with van der Waals surface area (Å²) in [6.07, 6.45) is 2.73. The van der Waals surface area contributed by atoms with Crippen LogP contribution >= 0.6 is 0 Å². The van der Waals surface area contributed by atoms with Gasteiger partial charge in [-0.25, -0.2) is 0 Å². The largest absolute Gasteiger partial charge is 0.307 e. The van der Waals surface area contributed by atoms with Crippen molar-refractivity contribution < 1.29 is 4.79 Å². The number of benzene rings is 2. The zero-order valence-electron chi connectivity index (χ0n) is 16.9. The standard InChI is InChI=1S/C24H33NO/c1-6-13-19(2)23(26)24(18-20(3)25(4)5,21-14-9-7-10-15-21)22-16-11-8-12-17-22/h7-12,14-17,19-20H,6,13,18H2,1-5H3/t19?,20-/m0/s1. The molecule has 2 aromatic rings. The Balaban J connectivity index is 2.68. The topological polar surface area (TPSA) is 20.3 Å². The van der Waals surface area contributed by atoms with Gasteiger partial charge < -0.3 is 4.90 Å². The van der Waals surface area contributed by atoms with E-state index in [1.807, 2.05) is 36.4 Å². The van der Waals surface area contributed by atoms with E-state index in [0.29, 0.717) is 5.78 Å². The molecule has 2 heteroatoms. The molecule has 2 atom stereocenters. The van der Waals surface area contributed by atoms with Crippen LogP contribution in [0.2, 0.25) is 0 Å². The highest BCUT2D eigenvalue weighted by atomic mass is 16.1. The minimum Gasteiger partial charge on any atom is -0.307 e. The van der Waals surface area contributed by atoms with E-state index >= 15 is 0 Å². The molecule has 0 aromatic heterocycles. The van der Waals surface area contributed by atoms with Crippen LogP contribution in [0.4, 0.5) is 0 Å². The number of Topliss-reactive ketones (excluding diaryl/α,β-unsaturated/α-hetero) is 1. The van der Waals surface area contributed by atoms with Gasteiger partial charge in [0.25, 0.3) is 0 Å². The number of hydrogen-bond acceptors (Lipinski definition) is 2. The van der Waals surface area contributed by atoms with E-state index in [-0.39, 0.29) is 12.0 Å². The third-order valence-corrected chi connectivity index (χ3v) is 5.61. The minimum atomic E-state index is -0.610. The van der Waals surface area contributed by atoms with Crippen molar-refractivity contribution in [3.63, 3.8) is 0 Å². The monoisotopic (exact) mass is 351 g/mol. The molecule has 0 fully saturated rings. The Morgan fingerprint density at radius 3 is 1.77 bits per heavy atom. The van der Waals surface area contributed by atoms with Gasteiger partial charge in [-0.1, -0.05) is 80.9 Å². The van der Waals surface area contributed by atoms with Gasteiger partial charge in [-0.15, -0.1) is 0 Å². The maximum Gasteiger partial charge on any atom is 0.150 e. The lowest BCUT2D eigenvalue weighted by Gasteiger charge is -2.39. The van der Waals surface area contributed by atoms with Crippen molar-refractivity contribution in [1.82, 2.24) is 4.90 Å². The van der Waals surface area contributed by atoms with E-state index in [0.717, 1.165) is 30.4 Å². The smallest absolute Gasteiger partial charge is 0.150 e. The Kier molecular flexibility index (Phi) is 7.16. The van der Waals surface area contributed by atoms with E-state index in [9.17, 15) is 4.79 Å². The second kappa shape index (κ2) is 9.14. The molecule has 2 nitrogen and oxygen atoms in total. The molecule has 0 amide bonds. The molecule has 0 bridgehead atoms. The molecule has 0 aliphatic heterocycles. The SMILES string of the molecule is CCCC(C)C(=O)C(C[C@H](C)N(C)C)(c1ccccc1)c1ccccc1. The molecule has 2 aromatic carbocycles. The maximum absolute atomic E-state index is 13.9. The van der Waals surface area contributed by atoms with Gasteiger partial charge in [0, 0.05) is 12.0 Å². The lowest BCUT2D eigenvalue weighted by Crippen LogP contribution is -2.45. The Bertz CT molecular complexity index is 638. The van der Waals surface area contributed by atoms with Crippen molar-refractivity contribution in [3.8, 4) is 0 Å². The molecule has 0 saturated carbocycles. The molecule has 1 unspecified atom stereocenters. The Hall–Kier alpha value is -1.93. The summed E-state index contributed by atoms with van der Waals surface area (Å²) in [6, 6.07) is 21.0. The van der Waals surface area contributed by atoms with Crippen molar-refractivity contribution in [2.24, 2.45) is 5.92 Å². The van der Waals surface area contributed by atoms with E-state index in [4.69, 9.17) is 0 Å². The van der Waals surface area contributed by atoms with Crippen LogP contribution in [-0.4, -0.2) is 30.8 Å². The van der Waals surface area contributed by atoms with Crippen LogP contribution in [0.15, 0.2) is 60.7 Å². The molecule has 140 valence electrons. The number of ketones is 1. The summed E-state index contributed by atoms with van der Waals surface area (Å²) >= 11 is 0. The number of carbonyl (C=O) groups excluding carboxylic acids is 1. The molecule has 26 heavy (non-hydrogen) atoms. The van der Waals surface area contributed by atoms with Crippen molar-refractivity contribution in [1.29, 1.82) is 0 Å². The van der Waals surface area contributed by atoms with Crippen molar-refractivity contribution >= 4 is 5.78 Å². The summed E-state index contributed by atoms with van der Waals surface area (Å²) in [5, 5.41) is 0. The molecule has 2 rings (SSSR count). The molecule has 0 aliphatic carbocycles. The normalized spacial score (nSPS) is 14.2. The summed E-state index contributed by atoms with van der Waals surface area (Å²) in [5.74, 6) is 0.375. The summed E-state index contributed by atoms with van der Waals surface area (Å²) < 4.78 is 0. The van der Waals surface area contributed by atoms with E-state index in [1.165, 1.54) is 0 Å². The first-order chi connectivity index (χ1) is 12.4. The first-order valence-corrected chi connectivity index (χ1v) is 9.75. The zero-order chi connectivity index (χ0) is 19.2. The fourth-order valence-corrected chi connectivity index (χ4v) is 3.84. The quantitative estimate of drug-likeness (QED) is 0.609. The Morgan fingerprint density at radius 2 is 1.38 bits per heavy atom. The van der Waals surface area contributed by atoms with Gasteiger partial charge in [0.15, 0.2) is 5.78 Å². The lowest BCUT2D eigenvalue weighted by atomic mass is 9.64. The van der Waals surface area contributed by atoms with Gasteiger partial charge in [0.05, 0.1) is 5.41 Å². The van der Waals surface area contributed by atoms with Gasteiger partial charge in [0.2, 0.25) is 0 Å². The number of carbonyl (C=O) groups is 1. The van der Waals surface area contributed by atoms with Crippen LogP contribution in [-0.2, 0) is 10.2 Å². The van der Waals surface area contributed by atoms with Gasteiger partial charge in [-0.3, -0.25) is 4.79 Å². The molecule has 0 N–H and O–H groups in total. The third kappa shape index (κ3) is 4.24. The zero-order valence-corrected chi connectivity index (χ0v) is 16.9. The van der Waals surface area contributed by atoms with Gasteiger partial charge in [-0.2, -0.15) is 0 Å². The minimum absolute atomic E-state index is 0.0368. The predicted octanol–water partition coefficient (Wildman–Crippen LogP) is 5.32. The second-order valence-corrected chi connectivity index (χ2v) is 7.71. The highest BCUT2D eigenvalue weighted by Crippen LogP contribution is 2.41. The predicted molar refractivity (Wildman–Crippen MR) is 111 cm³/mol. The highest BCUT2D eigenvalue weighted by Gasteiger charge is 2.44. The summed E-state index contributed by atoms with van der Waals surface area (Å²) in [5.41, 5.74) is 1.60. The highest BCUT2D eigenvalue weighted by molar-refractivity contribution is 5.95. The van der Waals surface area contributed by atoms with Gasteiger partial charge >= 0.3 is 0 Å². The molecular weight excluding hydrogens is 318 g/mol. The molecule has 0 radical (unpaired) electrons. The van der Waals surface area contributed by atoms with Crippen molar-refractivity contribution in [2.45, 2.75) is 51.5 Å². The van der Waals surface area contributed by atoms with Crippen LogP contribution in [0, 0.1) is 5.92 Å². The molecule has 0 spiro atoms. The lowest BCUT2D eigenvalue weighted by molar-refractivity contribution is -0.127. The Labute approximate surface area is 159 Å². The maximum atomic E-state index is 13.9. The van der Waals surface area contributed by atoms with Gasteiger partial charge in [-0.05, 0) is 45.0 Å². The molecular formula is C24H33NO. The summed E-state index contributed by atoms with van der Waals surface area (Å²) in [7, 11) is 4.18. The second-order valence-electron chi connectivity index (χ2n) is 7.71. The average molecular weight is 352 g/mol. The molecule has 0 saturated heterocycles. The number of rotatable bonds is 9. The Morgan fingerprint density at radius 1 is 0.923 bits per heavy atom. The first kappa shape index (κ1) is 20.4. The van der Waals surface area contributed by atoms with Crippen LogP contribution in [0.25, 0.3) is 0 Å².